The van der Waals surface area contributed by atoms with Crippen LogP contribution in [-0.4, -0.2) is 99.8 Å². The van der Waals surface area contributed by atoms with E-state index in [1.165, 1.54) is 12.2 Å². The average Bonchev–Trinajstić information content (AvgIpc) is 3.09. The molecular weight excluding hydrogens is 1030 g/mol. The van der Waals surface area contributed by atoms with Gasteiger partial charge >= 0.3 is 24.3 Å². The van der Waals surface area contributed by atoms with Gasteiger partial charge in [0.1, 0.15) is 11.5 Å². The van der Waals surface area contributed by atoms with Crippen molar-refractivity contribution in [1.29, 1.82) is 0 Å². The standard InChI is InChI=1S/C30H38Br4N4O4.2C2HF3O2/c1-41-29-23(31)17-21(18-24(29)32)7-9-27(39)37-15-5-13-35-11-3-4-12-36-14-6-16-38-28(40)10-8-22-19-25(33)30(42-2)26(34)20-22;2*3-2(4,5)1(6)7/h7-10,17-20,35-36H,3-6,11-16H2,1-2H3,(H,37,39)(H,38,40);2*(H,6,7). The van der Waals surface area contributed by atoms with Crippen LogP contribution in [0.3, 0.4) is 0 Å². The topological polar surface area (TPSA) is 175 Å². The Morgan fingerprint density at radius 1 is 0.571 bits per heavy atom. The minimum absolute atomic E-state index is 0.115. The van der Waals surface area contributed by atoms with Gasteiger partial charge < -0.3 is 41.0 Å². The molecule has 0 aliphatic heterocycles. The summed E-state index contributed by atoms with van der Waals surface area (Å²) in [7, 11) is 3.22. The predicted molar refractivity (Wildman–Crippen MR) is 212 cm³/mol. The smallest absolute Gasteiger partial charge is 0.490 e. The molecule has 0 spiro atoms. The van der Waals surface area contributed by atoms with E-state index in [9.17, 15) is 35.9 Å². The highest BCUT2D eigenvalue weighted by molar-refractivity contribution is 9.11. The number of rotatable bonds is 19. The van der Waals surface area contributed by atoms with Gasteiger partial charge in [-0.3, -0.25) is 9.59 Å². The second-order valence-corrected chi connectivity index (χ2v) is 14.2. The van der Waals surface area contributed by atoms with Crippen LogP contribution in [0, 0.1) is 0 Å². The average molecular weight is 1070 g/mol. The molecule has 6 N–H and O–H groups in total. The van der Waals surface area contributed by atoms with Crippen LogP contribution in [0.25, 0.3) is 12.2 Å². The van der Waals surface area contributed by atoms with Crippen LogP contribution in [-0.2, 0) is 19.2 Å². The van der Waals surface area contributed by atoms with Gasteiger partial charge in [0.05, 0.1) is 32.1 Å². The molecule has 2 aromatic rings. The van der Waals surface area contributed by atoms with Crippen molar-refractivity contribution in [2.24, 2.45) is 0 Å². The Labute approximate surface area is 352 Å². The maximum atomic E-state index is 12.1. The predicted octanol–water partition coefficient (Wildman–Crippen LogP) is 7.72. The Balaban J connectivity index is 0.00000182. The molecule has 56 heavy (non-hydrogen) atoms. The minimum atomic E-state index is -5.08. The van der Waals surface area contributed by atoms with Crippen LogP contribution < -0.4 is 30.7 Å². The summed E-state index contributed by atoms with van der Waals surface area (Å²) in [5.74, 6) is -4.31. The zero-order chi connectivity index (χ0) is 42.9. The van der Waals surface area contributed by atoms with Crippen molar-refractivity contribution < 1.29 is 65.2 Å². The minimum Gasteiger partial charge on any atom is -0.494 e. The number of nitrogens with one attached hydrogen (secondary N) is 4. The third kappa shape index (κ3) is 24.5. The van der Waals surface area contributed by atoms with E-state index in [-0.39, 0.29) is 11.8 Å². The summed E-state index contributed by atoms with van der Waals surface area (Å²) in [6.45, 7) is 4.85. The number of carbonyl (C=O) groups excluding carboxylic acids is 2. The summed E-state index contributed by atoms with van der Waals surface area (Å²) in [4.78, 5) is 41.9. The van der Waals surface area contributed by atoms with E-state index in [1.54, 1.807) is 26.4 Å². The molecule has 0 aliphatic carbocycles. The molecular formula is C34H40Br4F6N4O8. The maximum absolute atomic E-state index is 12.1. The number of carbonyl (C=O) groups is 4. The Kier molecular flexibility index (Phi) is 26.7. The van der Waals surface area contributed by atoms with Crippen LogP contribution in [0.2, 0.25) is 0 Å². The number of aliphatic carboxylic acids is 2. The van der Waals surface area contributed by atoms with Crippen molar-refractivity contribution in [3.05, 3.63) is 65.4 Å². The third-order valence-corrected chi connectivity index (χ3v) is 8.76. The van der Waals surface area contributed by atoms with Crippen LogP contribution in [0.15, 0.2) is 54.3 Å². The number of amides is 2. The number of alkyl halides is 6. The number of hydrogen-bond acceptors (Lipinski definition) is 8. The van der Waals surface area contributed by atoms with Crippen molar-refractivity contribution in [3.8, 4) is 11.5 Å². The summed E-state index contributed by atoms with van der Waals surface area (Å²) in [6.07, 6.45) is 0.342. The van der Waals surface area contributed by atoms with Gasteiger partial charge in [0, 0.05) is 25.2 Å². The molecule has 0 saturated carbocycles. The lowest BCUT2D eigenvalue weighted by Crippen LogP contribution is -2.27. The van der Waals surface area contributed by atoms with E-state index in [4.69, 9.17) is 29.3 Å². The normalized spacial score (nSPS) is 11.3. The van der Waals surface area contributed by atoms with Crippen LogP contribution in [0.4, 0.5) is 26.3 Å². The lowest BCUT2D eigenvalue weighted by Gasteiger charge is -2.08. The number of halogens is 10. The van der Waals surface area contributed by atoms with Crippen molar-refractivity contribution in [2.45, 2.75) is 38.0 Å². The molecule has 0 bridgehead atoms. The monoisotopic (exact) mass is 1060 g/mol. The Bertz CT molecular complexity index is 1470. The summed E-state index contributed by atoms with van der Waals surface area (Å²) < 4.78 is 77.3. The van der Waals surface area contributed by atoms with Gasteiger partial charge in [-0.05, 0) is 163 Å². The highest BCUT2D eigenvalue weighted by atomic mass is 79.9. The number of hydrogen-bond donors (Lipinski definition) is 6. The number of carboxylic acid groups (broad SMARTS) is 2. The molecule has 314 valence electrons. The van der Waals surface area contributed by atoms with Crippen LogP contribution in [0.1, 0.15) is 36.8 Å². The molecule has 12 nitrogen and oxygen atoms in total. The van der Waals surface area contributed by atoms with E-state index in [0.29, 0.717) is 13.1 Å². The first-order valence-electron chi connectivity index (χ1n) is 16.1. The molecule has 2 amide bonds. The molecule has 0 radical (unpaired) electrons. The van der Waals surface area contributed by atoms with Gasteiger partial charge in [-0.2, -0.15) is 26.3 Å². The maximum Gasteiger partial charge on any atom is 0.490 e. The lowest BCUT2D eigenvalue weighted by atomic mass is 10.2. The second kappa shape index (κ2) is 28.3. The summed E-state index contributed by atoms with van der Waals surface area (Å²) >= 11 is 13.9. The van der Waals surface area contributed by atoms with Gasteiger partial charge in [-0.1, -0.05) is 0 Å². The second-order valence-electron chi connectivity index (χ2n) is 10.8. The fourth-order valence-corrected chi connectivity index (χ4v) is 6.89. The zero-order valence-corrected chi connectivity index (χ0v) is 36.2. The number of carboxylic acids is 2. The first-order valence-corrected chi connectivity index (χ1v) is 19.3. The van der Waals surface area contributed by atoms with Gasteiger partial charge in [-0.25, -0.2) is 9.59 Å². The van der Waals surface area contributed by atoms with Crippen molar-refractivity contribution >= 4 is 99.6 Å². The summed E-state index contributed by atoms with van der Waals surface area (Å²) in [5.41, 5.74) is 1.79. The molecule has 0 fully saturated rings. The molecule has 0 atom stereocenters. The van der Waals surface area contributed by atoms with Gasteiger partial charge in [-0.15, -0.1) is 0 Å². The van der Waals surface area contributed by atoms with Crippen molar-refractivity contribution in [2.75, 3.05) is 53.5 Å². The van der Waals surface area contributed by atoms with Gasteiger partial charge in [0.25, 0.3) is 0 Å². The zero-order valence-electron chi connectivity index (χ0n) is 29.8. The van der Waals surface area contributed by atoms with Gasteiger partial charge in [0.15, 0.2) is 0 Å². The number of ether oxygens (including phenoxy) is 2. The Morgan fingerprint density at radius 3 is 1.09 bits per heavy atom. The van der Waals surface area contributed by atoms with E-state index in [2.05, 4.69) is 85.0 Å². The molecule has 0 unspecified atom stereocenters. The molecule has 0 aromatic heterocycles. The Morgan fingerprint density at radius 2 is 0.839 bits per heavy atom. The largest absolute Gasteiger partial charge is 0.494 e. The summed E-state index contributed by atoms with van der Waals surface area (Å²) in [5, 5.41) is 26.9. The number of methoxy groups -OCH3 is 2. The number of benzene rings is 2. The first-order chi connectivity index (χ1) is 26.1. The quantitative estimate of drug-likeness (QED) is 0.0465. The third-order valence-electron chi connectivity index (χ3n) is 6.41. The van der Waals surface area contributed by atoms with E-state index in [0.717, 1.165) is 92.4 Å². The van der Waals surface area contributed by atoms with E-state index in [1.807, 2.05) is 24.3 Å². The van der Waals surface area contributed by atoms with Crippen LogP contribution in [0.5, 0.6) is 11.5 Å². The fourth-order valence-electron chi connectivity index (χ4n) is 3.80. The van der Waals surface area contributed by atoms with Crippen molar-refractivity contribution in [3.63, 3.8) is 0 Å². The highest BCUT2D eigenvalue weighted by Gasteiger charge is 2.38. The van der Waals surface area contributed by atoms with Crippen molar-refractivity contribution in [1.82, 2.24) is 21.3 Å². The van der Waals surface area contributed by atoms with E-state index >= 15 is 0 Å². The molecule has 0 saturated heterocycles. The highest BCUT2D eigenvalue weighted by Crippen LogP contribution is 2.35. The van der Waals surface area contributed by atoms with E-state index < -0.39 is 24.3 Å². The molecule has 0 heterocycles. The molecule has 2 aromatic carbocycles. The SMILES string of the molecule is COc1c(Br)cc(C=CC(=O)NCCCNCCCCNCCCNC(=O)C=Cc2cc(Br)c(OC)c(Br)c2)cc1Br.O=C(O)C(F)(F)F.O=C(O)C(F)(F)F. The first kappa shape index (κ1) is 52.8. The molecule has 2 rings (SSSR count). The van der Waals surface area contributed by atoms with Gasteiger partial charge in [0.2, 0.25) is 11.8 Å². The fraction of sp³-hybridized carbons (Fsp3) is 0.412. The molecule has 0 aliphatic rings. The lowest BCUT2D eigenvalue weighted by molar-refractivity contribution is -0.193. The van der Waals surface area contributed by atoms with Crippen LogP contribution >= 0.6 is 63.7 Å². The number of unbranched alkanes of at least 4 members (excludes halogenated alkanes) is 1. The molecule has 22 heteroatoms. The Hall–Kier alpha value is -3.18. The summed E-state index contributed by atoms with van der Waals surface area (Å²) in [6, 6.07) is 7.60.